The first kappa shape index (κ1) is 16.5. The van der Waals surface area contributed by atoms with Gasteiger partial charge in [0.1, 0.15) is 0 Å². The number of piperazine rings is 1. The highest BCUT2D eigenvalue weighted by atomic mass is 32.2. The van der Waals surface area contributed by atoms with Crippen LogP contribution in [-0.2, 0) is 19.6 Å². The molecule has 0 saturated carbocycles. The molecule has 0 atom stereocenters. The molecule has 7 nitrogen and oxygen atoms in total. The zero-order chi connectivity index (χ0) is 17.2. The fraction of sp³-hybridized carbons (Fsp3) is 0.375. The molecular weight excluding hydrogens is 330 g/mol. The number of carbonyl (C=O) groups is 2. The third-order valence-corrected chi connectivity index (χ3v) is 5.92. The van der Waals surface area contributed by atoms with Crippen molar-refractivity contribution >= 4 is 33.6 Å². The Morgan fingerprint density at radius 2 is 1.92 bits per heavy atom. The largest absolute Gasteiger partial charge is 0.353 e. The van der Waals surface area contributed by atoms with Crippen LogP contribution in [0.3, 0.4) is 0 Å². The van der Waals surface area contributed by atoms with Crippen LogP contribution in [0.4, 0.5) is 5.69 Å². The molecular formula is C16H19N3O4S. The monoisotopic (exact) mass is 349 g/mol. The van der Waals surface area contributed by atoms with E-state index in [1.807, 2.05) is 0 Å². The second-order valence-corrected chi connectivity index (χ2v) is 7.79. The molecule has 8 heteroatoms. The Morgan fingerprint density at radius 1 is 1.17 bits per heavy atom. The van der Waals surface area contributed by atoms with E-state index in [2.05, 4.69) is 5.32 Å². The third kappa shape index (κ3) is 3.59. The van der Waals surface area contributed by atoms with Crippen LogP contribution in [-0.4, -0.2) is 57.1 Å². The SMILES string of the molecule is O=C1CN(C(=O)C=Cc2ccc(N3CCCS3(=O)=O)cc2)CCN1. The van der Waals surface area contributed by atoms with E-state index in [-0.39, 0.29) is 24.1 Å². The molecule has 3 rings (SSSR count). The van der Waals surface area contributed by atoms with Gasteiger partial charge in [-0.15, -0.1) is 0 Å². The summed E-state index contributed by atoms with van der Waals surface area (Å²) < 4.78 is 25.2. The molecule has 2 aliphatic rings. The Morgan fingerprint density at radius 3 is 2.54 bits per heavy atom. The molecule has 2 heterocycles. The summed E-state index contributed by atoms with van der Waals surface area (Å²) in [5, 5.41) is 2.67. The van der Waals surface area contributed by atoms with Crippen molar-refractivity contribution in [3.63, 3.8) is 0 Å². The Balaban J connectivity index is 1.65. The molecule has 24 heavy (non-hydrogen) atoms. The molecule has 1 N–H and O–H groups in total. The quantitative estimate of drug-likeness (QED) is 0.790. The van der Waals surface area contributed by atoms with E-state index >= 15 is 0 Å². The predicted molar refractivity (Wildman–Crippen MR) is 90.8 cm³/mol. The number of hydrogen-bond acceptors (Lipinski definition) is 4. The van der Waals surface area contributed by atoms with Crippen LogP contribution in [0.5, 0.6) is 0 Å². The number of sulfonamides is 1. The van der Waals surface area contributed by atoms with E-state index in [0.29, 0.717) is 31.7 Å². The molecule has 1 aromatic carbocycles. The van der Waals surface area contributed by atoms with Crippen LogP contribution in [0, 0.1) is 0 Å². The summed E-state index contributed by atoms with van der Waals surface area (Å²) in [4.78, 5) is 24.8. The van der Waals surface area contributed by atoms with E-state index in [1.54, 1.807) is 30.3 Å². The summed E-state index contributed by atoms with van der Waals surface area (Å²) in [5.41, 5.74) is 1.44. The summed E-state index contributed by atoms with van der Waals surface area (Å²) in [6.07, 6.45) is 3.74. The maximum absolute atomic E-state index is 12.0. The highest BCUT2D eigenvalue weighted by molar-refractivity contribution is 7.93. The molecule has 2 fully saturated rings. The zero-order valence-electron chi connectivity index (χ0n) is 13.1. The van der Waals surface area contributed by atoms with Gasteiger partial charge in [0.15, 0.2) is 0 Å². The highest BCUT2D eigenvalue weighted by Gasteiger charge is 2.28. The Bertz CT molecular complexity index is 771. The lowest BCUT2D eigenvalue weighted by Crippen LogP contribution is -2.49. The van der Waals surface area contributed by atoms with Crippen molar-refractivity contribution in [3.05, 3.63) is 35.9 Å². The molecule has 128 valence electrons. The minimum Gasteiger partial charge on any atom is -0.353 e. The van der Waals surface area contributed by atoms with Gasteiger partial charge in [-0.2, -0.15) is 0 Å². The minimum absolute atomic E-state index is 0.0783. The van der Waals surface area contributed by atoms with Crippen LogP contribution in [0.15, 0.2) is 30.3 Å². The van der Waals surface area contributed by atoms with Gasteiger partial charge < -0.3 is 10.2 Å². The van der Waals surface area contributed by atoms with Crippen LogP contribution < -0.4 is 9.62 Å². The lowest BCUT2D eigenvalue weighted by Gasteiger charge is -2.25. The van der Waals surface area contributed by atoms with Crippen molar-refractivity contribution in [2.75, 3.05) is 36.2 Å². The number of carbonyl (C=O) groups excluding carboxylic acids is 2. The van der Waals surface area contributed by atoms with E-state index in [4.69, 9.17) is 0 Å². The lowest BCUT2D eigenvalue weighted by atomic mass is 10.2. The van der Waals surface area contributed by atoms with Gasteiger partial charge in [-0.3, -0.25) is 13.9 Å². The second kappa shape index (κ2) is 6.64. The first-order chi connectivity index (χ1) is 11.5. The van der Waals surface area contributed by atoms with Crippen molar-refractivity contribution in [3.8, 4) is 0 Å². The summed E-state index contributed by atoms with van der Waals surface area (Å²) in [6.45, 7) is 1.56. The zero-order valence-corrected chi connectivity index (χ0v) is 14.0. The van der Waals surface area contributed by atoms with Gasteiger partial charge in [-0.05, 0) is 30.2 Å². The van der Waals surface area contributed by atoms with Crippen LogP contribution >= 0.6 is 0 Å². The Hall–Kier alpha value is -2.35. The minimum atomic E-state index is -3.18. The Kier molecular flexibility index (Phi) is 4.57. The Labute approximate surface area is 141 Å². The van der Waals surface area contributed by atoms with Crippen LogP contribution in [0.2, 0.25) is 0 Å². The van der Waals surface area contributed by atoms with E-state index < -0.39 is 10.0 Å². The van der Waals surface area contributed by atoms with Crippen molar-refractivity contribution in [2.24, 2.45) is 0 Å². The summed E-state index contributed by atoms with van der Waals surface area (Å²) in [6, 6.07) is 7.02. The van der Waals surface area contributed by atoms with Gasteiger partial charge in [0.2, 0.25) is 21.8 Å². The van der Waals surface area contributed by atoms with Gasteiger partial charge in [0.05, 0.1) is 18.0 Å². The first-order valence-electron chi connectivity index (χ1n) is 7.80. The van der Waals surface area contributed by atoms with Crippen molar-refractivity contribution in [1.29, 1.82) is 0 Å². The van der Waals surface area contributed by atoms with Crippen LogP contribution in [0.25, 0.3) is 6.08 Å². The maximum atomic E-state index is 12.0. The van der Waals surface area contributed by atoms with Crippen molar-refractivity contribution in [1.82, 2.24) is 10.2 Å². The standard InChI is InChI=1S/C16H19N3O4S/c20-15-12-18(10-8-17-15)16(21)7-4-13-2-5-14(6-3-13)19-9-1-11-24(19,22)23/h2-7H,1,8-12H2,(H,17,20). The molecule has 2 saturated heterocycles. The number of rotatable bonds is 3. The van der Waals surface area contributed by atoms with E-state index in [0.717, 1.165) is 5.56 Å². The van der Waals surface area contributed by atoms with Gasteiger partial charge >= 0.3 is 0 Å². The highest BCUT2D eigenvalue weighted by Crippen LogP contribution is 2.24. The summed E-state index contributed by atoms with van der Waals surface area (Å²) >= 11 is 0. The lowest BCUT2D eigenvalue weighted by molar-refractivity contribution is -0.134. The molecule has 1 aromatic rings. The number of hydrogen-bond donors (Lipinski definition) is 1. The van der Waals surface area contributed by atoms with E-state index in [1.165, 1.54) is 15.3 Å². The fourth-order valence-corrected chi connectivity index (χ4v) is 4.35. The van der Waals surface area contributed by atoms with Gasteiger partial charge in [0, 0.05) is 25.7 Å². The normalized spacial score (nSPS) is 20.4. The number of anilines is 1. The molecule has 0 bridgehead atoms. The molecule has 2 aliphatic heterocycles. The fourth-order valence-electron chi connectivity index (χ4n) is 2.78. The molecule has 0 radical (unpaired) electrons. The third-order valence-electron chi connectivity index (χ3n) is 4.05. The van der Waals surface area contributed by atoms with E-state index in [9.17, 15) is 18.0 Å². The predicted octanol–water partition coefficient (Wildman–Crippen LogP) is 0.198. The van der Waals surface area contributed by atoms with Crippen LogP contribution in [0.1, 0.15) is 12.0 Å². The van der Waals surface area contributed by atoms with Gasteiger partial charge in [0.25, 0.3) is 0 Å². The second-order valence-electron chi connectivity index (χ2n) is 5.78. The molecule has 0 aliphatic carbocycles. The first-order valence-corrected chi connectivity index (χ1v) is 9.41. The number of benzene rings is 1. The number of amides is 2. The maximum Gasteiger partial charge on any atom is 0.247 e. The van der Waals surface area contributed by atoms with Gasteiger partial charge in [-0.25, -0.2) is 8.42 Å². The summed E-state index contributed by atoms with van der Waals surface area (Å²) in [5.74, 6) is -0.178. The van der Waals surface area contributed by atoms with Gasteiger partial charge in [-0.1, -0.05) is 12.1 Å². The number of nitrogens with one attached hydrogen (secondary N) is 1. The molecule has 0 spiro atoms. The topological polar surface area (TPSA) is 86.8 Å². The average Bonchev–Trinajstić information content (AvgIpc) is 2.92. The van der Waals surface area contributed by atoms with Crippen molar-refractivity contribution < 1.29 is 18.0 Å². The summed E-state index contributed by atoms with van der Waals surface area (Å²) in [7, 11) is -3.18. The molecule has 2 amide bonds. The smallest absolute Gasteiger partial charge is 0.247 e. The number of nitrogens with zero attached hydrogens (tertiary/aromatic N) is 2. The van der Waals surface area contributed by atoms with Crippen molar-refractivity contribution in [2.45, 2.75) is 6.42 Å². The molecule has 0 aromatic heterocycles. The average molecular weight is 349 g/mol. The molecule has 0 unspecified atom stereocenters.